The molecule has 1 aliphatic rings. The van der Waals surface area contributed by atoms with Crippen molar-refractivity contribution in [1.29, 1.82) is 0 Å². The van der Waals surface area contributed by atoms with Crippen molar-refractivity contribution in [2.24, 2.45) is 0 Å². The summed E-state index contributed by atoms with van der Waals surface area (Å²) < 4.78 is 22.7. The predicted molar refractivity (Wildman–Crippen MR) is 129 cm³/mol. The zero-order chi connectivity index (χ0) is 24.5. The number of methoxy groups -OCH3 is 1. The highest BCUT2D eigenvalue weighted by molar-refractivity contribution is 6.62. The second kappa shape index (κ2) is 9.23. The van der Waals surface area contributed by atoms with Crippen molar-refractivity contribution in [2.75, 3.05) is 13.7 Å². The van der Waals surface area contributed by atoms with Crippen LogP contribution >= 0.6 is 0 Å². The molecule has 2 aromatic carbocycles. The van der Waals surface area contributed by atoms with E-state index in [1.54, 1.807) is 14.0 Å². The van der Waals surface area contributed by atoms with Gasteiger partial charge < -0.3 is 18.8 Å². The average molecular weight is 463 g/mol. The van der Waals surface area contributed by atoms with E-state index in [1.165, 1.54) is 4.80 Å². The molecule has 1 aliphatic heterocycles. The minimum atomic E-state index is -0.506. The summed E-state index contributed by atoms with van der Waals surface area (Å²) in [6.45, 7) is 10.5. The van der Waals surface area contributed by atoms with Gasteiger partial charge in [0.15, 0.2) is 5.69 Å². The number of esters is 1. The summed E-state index contributed by atoms with van der Waals surface area (Å²) in [6, 6.07) is 15.3. The Balaban J connectivity index is 1.61. The van der Waals surface area contributed by atoms with Crippen LogP contribution in [0.1, 0.15) is 50.7 Å². The molecule has 1 aromatic heterocycles. The molecule has 0 amide bonds. The second-order valence-electron chi connectivity index (χ2n) is 9.21. The lowest BCUT2D eigenvalue weighted by Gasteiger charge is -2.32. The first-order valence-electron chi connectivity index (χ1n) is 11.3. The van der Waals surface area contributed by atoms with Crippen LogP contribution in [-0.4, -0.2) is 53.0 Å². The van der Waals surface area contributed by atoms with Crippen LogP contribution in [-0.2, 0) is 20.6 Å². The lowest BCUT2D eigenvalue weighted by molar-refractivity contribution is 0.00578. The van der Waals surface area contributed by atoms with E-state index in [1.807, 2.05) is 76.2 Å². The standard InChI is InChI=1S/C25H30BN3O5/c1-7-32-23(30)22-21(27-29(28-22)16-17-8-14-20(31-6)15-9-17)18-10-12-19(13-11-18)26-33-24(2,3)25(4,5)34-26/h8-15H,7,16H2,1-6H3. The monoisotopic (exact) mass is 463 g/mol. The Morgan fingerprint density at radius 2 is 1.59 bits per heavy atom. The molecule has 4 rings (SSSR count). The van der Waals surface area contributed by atoms with E-state index in [-0.39, 0.29) is 12.3 Å². The molecule has 0 N–H and O–H groups in total. The van der Waals surface area contributed by atoms with Crippen LogP contribution in [0.4, 0.5) is 0 Å². The molecule has 2 heterocycles. The quantitative estimate of drug-likeness (QED) is 0.392. The average Bonchev–Trinajstić information content (AvgIpc) is 3.32. The number of aromatic nitrogens is 3. The highest BCUT2D eigenvalue weighted by atomic mass is 16.7. The lowest BCUT2D eigenvalue weighted by atomic mass is 9.78. The number of nitrogens with zero attached hydrogens (tertiary/aromatic N) is 3. The summed E-state index contributed by atoms with van der Waals surface area (Å²) in [5.74, 6) is 0.265. The maximum absolute atomic E-state index is 12.6. The number of carbonyl (C=O) groups excluding carboxylic acids is 1. The summed E-state index contributed by atoms with van der Waals surface area (Å²) in [6.07, 6.45) is 0. The number of carbonyl (C=O) groups is 1. The maximum Gasteiger partial charge on any atom is 0.494 e. The fourth-order valence-corrected chi connectivity index (χ4v) is 3.62. The Hall–Kier alpha value is -3.17. The molecule has 3 aromatic rings. The van der Waals surface area contributed by atoms with Crippen molar-refractivity contribution in [2.45, 2.75) is 52.4 Å². The van der Waals surface area contributed by atoms with Gasteiger partial charge >= 0.3 is 13.1 Å². The Morgan fingerprint density at radius 1 is 0.971 bits per heavy atom. The van der Waals surface area contributed by atoms with Crippen LogP contribution in [0.3, 0.4) is 0 Å². The van der Waals surface area contributed by atoms with Gasteiger partial charge in [-0.15, -0.1) is 5.10 Å². The van der Waals surface area contributed by atoms with Crippen LogP contribution in [0.5, 0.6) is 5.75 Å². The van der Waals surface area contributed by atoms with Crippen molar-refractivity contribution in [1.82, 2.24) is 15.0 Å². The first kappa shape index (κ1) is 24.0. The van der Waals surface area contributed by atoms with Gasteiger partial charge in [-0.25, -0.2) is 4.79 Å². The topological polar surface area (TPSA) is 84.7 Å². The fraction of sp³-hybridized carbons (Fsp3) is 0.400. The molecular formula is C25H30BN3O5. The minimum absolute atomic E-state index is 0.179. The number of hydrogen-bond acceptors (Lipinski definition) is 7. The van der Waals surface area contributed by atoms with Crippen molar-refractivity contribution in [3.05, 3.63) is 59.8 Å². The van der Waals surface area contributed by atoms with Gasteiger partial charge in [0.1, 0.15) is 11.4 Å². The summed E-state index contributed by atoms with van der Waals surface area (Å²) in [5, 5.41) is 9.04. The minimum Gasteiger partial charge on any atom is -0.497 e. The predicted octanol–water partition coefficient (Wildman–Crippen LogP) is 3.48. The molecule has 0 atom stereocenters. The molecule has 1 saturated heterocycles. The third-order valence-corrected chi connectivity index (χ3v) is 6.32. The third-order valence-electron chi connectivity index (χ3n) is 6.32. The first-order valence-corrected chi connectivity index (χ1v) is 11.3. The van der Waals surface area contributed by atoms with Crippen molar-refractivity contribution >= 4 is 18.6 Å². The summed E-state index contributed by atoms with van der Waals surface area (Å²) in [4.78, 5) is 14.1. The van der Waals surface area contributed by atoms with Gasteiger partial charge in [0.25, 0.3) is 0 Å². The normalized spacial score (nSPS) is 16.5. The number of hydrogen-bond donors (Lipinski definition) is 0. The molecule has 0 bridgehead atoms. The van der Waals surface area contributed by atoms with Crippen LogP contribution in [0.2, 0.25) is 0 Å². The number of benzene rings is 2. The van der Waals surface area contributed by atoms with E-state index in [2.05, 4.69) is 10.2 Å². The van der Waals surface area contributed by atoms with Crippen molar-refractivity contribution in [3.8, 4) is 17.0 Å². The SMILES string of the molecule is CCOC(=O)c1nn(Cc2ccc(OC)cc2)nc1-c1ccc(B2OC(C)(C)C(C)(C)O2)cc1. The second-order valence-corrected chi connectivity index (χ2v) is 9.21. The van der Waals surface area contributed by atoms with Gasteiger partial charge in [0.05, 0.1) is 31.5 Å². The number of ether oxygens (including phenoxy) is 2. The van der Waals surface area contributed by atoms with E-state index < -0.39 is 24.3 Å². The molecular weight excluding hydrogens is 433 g/mol. The van der Waals surface area contributed by atoms with Gasteiger partial charge in [-0.1, -0.05) is 36.4 Å². The van der Waals surface area contributed by atoms with Crippen molar-refractivity contribution in [3.63, 3.8) is 0 Å². The van der Waals surface area contributed by atoms with Gasteiger partial charge in [-0.05, 0) is 57.8 Å². The van der Waals surface area contributed by atoms with Gasteiger partial charge in [-0.3, -0.25) is 0 Å². The van der Waals surface area contributed by atoms with Crippen molar-refractivity contribution < 1.29 is 23.6 Å². The number of rotatable bonds is 7. The third kappa shape index (κ3) is 4.71. The molecule has 1 fully saturated rings. The molecule has 9 heteroatoms. The van der Waals surface area contributed by atoms with Crippen LogP contribution in [0.15, 0.2) is 48.5 Å². The van der Waals surface area contributed by atoms with E-state index in [0.717, 1.165) is 22.3 Å². The largest absolute Gasteiger partial charge is 0.497 e. The zero-order valence-corrected chi connectivity index (χ0v) is 20.5. The first-order chi connectivity index (χ1) is 16.1. The van der Waals surface area contributed by atoms with Gasteiger partial charge in [-0.2, -0.15) is 9.90 Å². The Bertz CT molecular complexity index is 1140. The molecule has 34 heavy (non-hydrogen) atoms. The van der Waals surface area contributed by atoms with Crippen LogP contribution in [0, 0.1) is 0 Å². The lowest BCUT2D eigenvalue weighted by Crippen LogP contribution is -2.41. The Labute approximate surface area is 200 Å². The Morgan fingerprint density at radius 3 is 2.15 bits per heavy atom. The van der Waals surface area contributed by atoms with Crippen LogP contribution in [0.25, 0.3) is 11.3 Å². The summed E-state index contributed by atoms with van der Waals surface area (Å²) >= 11 is 0. The fourth-order valence-electron chi connectivity index (χ4n) is 3.62. The Kier molecular flexibility index (Phi) is 6.51. The van der Waals surface area contributed by atoms with Gasteiger partial charge in [0.2, 0.25) is 0 Å². The zero-order valence-electron chi connectivity index (χ0n) is 20.5. The molecule has 0 aliphatic carbocycles. The summed E-state index contributed by atoms with van der Waals surface area (Å²) in [7, 11) is 1.16. The molecule has 0 unspecified atom stereocenters. The van der Waals surface area contributed by atoms with E-state index in [9.17, 15) is 4.79 Å². The summed E-state index contributed by atoms with van der Waals surface area (Å²) in [5.41, 5.74) is 2.44. The molecule has 8 nitrogen and oxygen atoms in total. The highest BCUT2D eigenvalue weighted by Gasteiger charge is 2.51. The smallest absolute Gasteiger partial charge is 0.494 e. The molecule has 0 saturated carbocycles. The molecule has 178 valence electrons. The van der Waals surface area contributed by atoms with Crippen LogP contribution < -0.4 is 10.2 Å². The van der Waals surface area contributed by atoms with E-state index in [4.69, 9.17) is 18.8 Å². The highest BCUT2D eigenvalue weighted by Crippen LogP contribution is 2.36. The van der Waals surface area contributed by atoms with Gasteiger partial charge in [0, 0.05) is 5.56 Å². The molecule has 0 spiro atoms. The van der Waals surface area contributed by atoms with E-state index in [0.29, 0.717) is 12.2 Å². The maximum atomic E-state index is 12.6. The molecule has 0 radical (unpaired) electrons. The van der Waals surface area contributed by atoms with E-state index >= 15 is 0 Å².